The standard InChI is InChI=1S/C8H8ClO.C5H5.Fe/c9-6-5-8(10)7-3-1-2-4-7;1-2-4-5-3-1;/h1-4H,5-6H2;1-5H;/q-1;-5;. The van der Waals surface area contributed by atoms with Gasteiger partial charge in [-0.15, -0.1) is 11.6 Å². The topological polar surface area (TPSA) is 17.1 Å². The summed E-state index contributed by atoms with van der Waals surface area (Å²) >= 11 is 5.39. The first-order valence-corrected chi connectivity index (χ1v) is 5.35. The van der Waals surface area contributed by atoms with Crippen LogP contribution in [0.1, 0.15) is 16.8 Å². The van der Waals surface area contributed by atoms with Crippen LogP contribution in [0.2, 0.25) is 0 Å². The summed E-state index contributed by atoms with van der Waals surface area (Å²) in [6.07, 6.45) is 0.436. The van der Waals surface area contributed by atoms with E-state index in [0.29, 0.717) is 12.3 Å². The van der Waals surface area contributed by atoms with Crippen molar-refractivity contribution in [3.63, 3.8) is 0 Å². The van der Waals surface area contributed by atoms with Crippen LogP contribution in [0.5, 0.6) is 0 Å². The fourth-order valence-corrected chi connectivity index (χ4v) is 1.28. The normalized spacial score (nSPS) is 8.56. The van der Waals surface area contributed by atoms with Crippen molar-refractivity contribution in [3.05, 3.63) is 60.2 Å². The smallest absolute Gasteiger partial charge is 0.109 e. The number of carbonyl (C=O) groups is 1. The molecule has 0 fully saturated rings. The van der Waals surface area contributed by atoms with E-state index in [1.165, 1.54) is 0 Å². The van der Waals surface area contributed by atoms with Gasteiger partial charge < -0.3 is 35.1 Å². The van der Waals surface area contributed by atoms with Crippen LogP contribution < -0.4 is 0 Å². The molecule has 0 radical (unpaired) electrons. The third-order valence-corrected chi connectivity index (χ3v) is 2.05. The molecule has 0 saturated carbocycles. The molecule has 0 saturated heterocycles. The van der Waals surface area contributed by atoms with Crippen molar-refractivity contribution in [3.8, 4) is 0 Å². The van der Waals surface area contributed by atoms with Crippen LogP contribution in [0.25, 0.3) is 0 Å². The van der Waals surface area contributed by atoms with Gasteiger partial charge in [0.1, 0.15) is 5.78 Å². The minimum absolute atomic E-state index is 0. The van der Waals surface area contributed by atoms with E-state index in [1.807, 2.05) is 42.5 Å². The Morgan fingerprint density at radius 1 is 1.06 bits per heavy atom. The predicted molar refractivity (Wildman–Crippen MR) is 63.7 cm³/mol. The molecule has 2 rings (SSSR count). The van der Waals surface area contributed by atoms with Gasteiger partial charge in [-0.2, -0.15) is 12.1 Å². The molecule has 16 heavy (non-hydrogen) atoms. The largest absolute Gasteiger partial charge is 0.748 e. The van der Waals surface area contributed by atoms with E-state index in [-0.39, 0.29) is 22.9 Å². The quantitative estimate of drug-likeness (QED) is 0.362. The zero-order valence-electron chi connectivity index (χ0n) is 8.75. The van der Waals surface area contributed by atoms with Crippen LogP contribution in [0.15, 0.2) is 54.6 Å². The van der Waals surface area contributed by atoms with E-state index in [4.69, 9.17) is 11.6 Å². The Bertz CT molecular complexity index is 334. The molecule has 2 aromatic rings. The molecule has 0 aliphatic rings. The molecular weight excluding hydrogens is 263 g/mol. The average Bonchev–Trinajstić information content (AvgIpc) is 2.95. The zero-order chi connectivity index (χ0) is 10.9. The second kappa shape index (κ2) is 9.41. The fourth-order valence-electron chi connectivity index (χ4n) is 1.11. The van der Waals surface area contributed by atoms with Crippen LogP contribution in [0.3, 0.4) is 0 Å². The summed E-state index contributed by atoms with van der Waals surface area (Å²) in [6.45, 7) is 0. The molecule has 3 heteroatoms. The first-order valence-electron chi connectivity index (χ1n) is 4.82. The summed E-state index contributed by atoms with van der Waals surface area (Å²) in [5, 5.41) is 0. The molecular formula is C13H13ClFeO-6. The number of Topliss-reactive ketones (excluding diaryl/α,β-unsaturated/α-hetero) is 1. The Morgan fingerprint density at radius 3 is 1.88 bits per heavy atom. The SMILES string of the molecule is O=C(CCCl)[c-]1cccc1.[Fe].[cH-]1[cH-][cH-][cH-][cH-]1. The summed E-state index contributed by atoms with van der Waals surface area (Å²) < 4.78 is 0. The number of halogens is 1. The van der Waals surface area contributed by atoms with E-state index in [0.717, 1.165) is 5.56 Å². The molecule has 0 aliphatic heterocycles. The second-order valence-electron chi connectivity index (χ2n) is 3.00. The summed E-state index contributed by atoms with van der Waals surface area (Å²) in [6, 6.07) is 17.3. The van der Waals surface area contributed by atoms with Crippen molar-refractivity contribution >= 4 is 17.4 Å². The molecule has 0 spiro atoms. The summed E-state index contributed by atoms with van der Waals surface area (Å²) in [5.41, 5.74) is 0.764. The number of hydrogen-bond donors (Lipinski definition) is 0. The van der Waals surface area contributed by atoms with Crippen LogP contribution in [-0.4, -0.2) is 11.7 Å². The Morgan fingerprint density at radius 2 is 1.50 bits per heavy atom. The van der Waals surface area contributed by atoms with Gasteiger partial charge in [-0.05, 0) is 0 Å². The van der Waals surface area contributed by atoms with Gasteiger partial charge >= 0.3 is 0 Å². The second-order valence-corrected chi connectivity index (χ2v) is 3.38. The summed E-state index contributed by atoms with van der Waals surface area (Å²) in [5.74, 6) is 0.532. The van der Waals surface area contributed by atoms with Crippen LogP contribution >= 0.6 is 11.6 Å². The third-order valence-electron chi connectivity index (χ3n) is 1.86. The Balaban J connectivity index is 0.000000318. The van der Waals surface area contributed by atoms with Crippen LogP contribution in [0.4, 0.5) is 0 Å². The molecule has 0 aromatic heterocycles. The van der Waals surface area contributed by atoms with Crippen molar-refractivity contribution in [2.45, 2.75) is 6.42 Å². The number of ketones is 1. The van der Waals surface area contributed by atoms with Gasteiger partial charge in [0, 0.05) is 29.4 Å². The predicted octanol–water partition coefficient (Wildman–Crippen LogP) is 3.62. The van der Waals surface area contributed by atoms with Gasteiger partial charge in [0.2, 0.25) is 0 Å². The van der Waals surface area contributed by atoms with Gasteiger partial charge in [0.15, 0.2) is 0 Å². The maximum atomic E-state index is 11.0. The van der Waals surface area contributed by atoms with Gasteiger partial charge in [-0.25, -0.2) is 12.1 Å². The van der Waals surface area contributed by atoms with E-state index in [2.05, 4.69) is 0 Å². The van der Waals surface area contributed by atoms with Crippen LogP contribution in [0, 0.1) is 0 Å². The summed E-state index contributed by atoms with van der Waals surface area (Å²) in [7, 11) is 0. The Kier molecular flexibility index (Phi) is 8.93. The molecule has 0 aliphatic carbocycles. The fraction of sp³-hybridized carbons (Fsp3) is 0.154. The zero-order valence-corrected chi connectivity index (χ0v) is 10.6. The number of hydrogen-bond acceptors (Lipinski definition) is 1. The Hall–Kier alpha value is -0.821. The van der Waals surface area contributed by atoms with Crippen molar-refractivity contribution < 1.29 is 21.9 Å². The molecule has 0 unspecified atom stereocenters. The van der Waals surface area contributed by atoms with Crippen molar-refractivity contribution in [1.82, 2.24) is 0 Å². The Labute approximate surface area is 112 Å². The molecule has 0 heterocycles. The van der Waals surface area contributed by atoms with Crippen LogP contribution in [-0.2, 0) is 17.1 Å². The minimum Gasteiger partial charge on any atom is -0.748 e. The van der Waals surface area contributed by atoms with Crippen molar-refractivity contribution in [1.29, 1.82) is 0 Å². The molecule has 0 bridgehead atoms. The first-order chi connectivity index (χ1) is 7.34. The number of rotatable bonds is 3. The number of alkyl halides is 1. The van der Waals surface area contributed by atoms with E-state index >= 15 is 0 Å². The molecule has 0 atom stereocenters. The van der Waals surface area contributed by atoms with Crippen molar-refractivity contribution in [2.75, 3.05) is 5.88 Å². The van der Waals surface area contributed by atoms with Crippen molar-refractivity contribution in [2.24, 2.45) is 0 Å². The molecule has 92 valence electrons. The first kappa shape index (κ1) is 15.2. The van der Waals surface area contributed by atoms with Gasteiger partial charge in [0.05, 0.1) is 0 Å². The van der Waals surface area contributed by atoms with E-state index in [1.54, 1.807) is 12.1 Å². The average molecular weight is 277 g/mol. The van der Waals surface area contributed by atoms with E-state index in [9.17, 15) is 4.79 Å². The maximum absolute atomic E-state index is 11.0. The minimum atomic E-state index is 0. The summed E-state index contributed by atoms with van der Waals surface area (Å²) in [4.78, 5) is 11.0. The van der Waals surface area contributed by atoms with Gasteiger partial charge in [-0.3, -0.25) is 0 Å². The third kappa shape index (κ3) is 5.92. The molecule has 0 N–H and O–H groups in total. The van der Waals surface area contributed by atoms with Gasteiger partial charge in [0.25, 0.3) is 0 Å². The molecule has 0 amide bonds. The molecule has 2 aromatic carbocycles. The van der Waals surface area contributed by atoms with E-state index < -0.39 is 0 Å². The maximum Gasteiger partial charge on any atom is 0.109 e. The van der Waals surface area contributed by atoms with Gasteiger partial charge in [-0.1, -0.05) is 5.56 Å². The molecule has 1 nitrogen and oxygen atoms in total. The number of carbonyl (C=O) groups excluding carboxylic acids is 1. The monoisotopic (exact) mass is 276 g/mol.